The standard InChI is InChI=1S/C13H15F2N3/c1-8(2)6-18-7-9(5-17-18)12-10(14)3-4-11(16)13(12)15/h3-5,7-8H,6,16H2,1-2H3. The number of hydrogen-bond donors (Lipinski definition) is 1. The van der Waals surface area contributed by atoms with Crippen molar-refractivity contribution in [3.05, 3.63) is 36.2 Å². The largest absolute Gasteiger partial charge is 0.396 e. The molecule has 1 heterocycles. The van der Waals surface area contributed by atoms with Crippen molar-refractivity contribution >= 4 is 5.69 Å². The monoisotopic (exact) mass is 251 g/mol. The first-order valence-corrected chi connectivity index (χ1v) is 5.75. The number of nitrogens with zero attached hydrogens (tertiary/aromatic N) is 2. The molecule has 0 spiro atoms. The fourth-order valence-corrected chi connectivity index (χ4v) is 1.80. The summed E-state index contributed by atoms with van der Waals surface area (Å²) >= 11 is 0. The zero-order valence-electron chi connectivity index (χ0n) is 10.3. The number of benzene rings is 1. The summed E-state index contributed by atoms with van der Waals surface area (Å²) in [7, 11) is 0. The van der Waals surface area contributed by atoms with E-state index in [0.29, 0.717) is 18.0 Å². The summed E-state index contributed by atoms with van der Waals surface area (Å²) in [6.45, 7) is 4.79. The maximum atomic E-state index is 13.8. The van der Waals surface area contributed by atoms with Gasteiger partial charge in [0.25, 0.3) is 0 Å². The number of anilines is 1. The van der Waals surface area contributed by atoms with E-state index in [0.717, 1.165) is 6.07 Å². The average Bonchev–Trinajstić information content (AvgIpc) is 2.71. The van der Waals surface area contributed by atoms with Crippen LogP contribution < -0.4 is 5.73 Å². The van der Waals surface area contributed by atoms with Gasteiger partial charge in [-0.2, -0.15) is 5.10 Å². The minimum absolute atomic E-state index is 0.0667. The maximum absolute atomic E-state index is 13.8. The molecule has 2 N–H and O–H groups in total. The first-order chi connectivity index (χ1) is 8.49. The van der Waals surface area contributed by atoms with Crippen molar-refractivity contribution in [2.45, 2.75) is 20.4 Å². The van der Waals surface area contributed by atoms with E-state index in [4.69, 9.17) is 5.73 Å². The van der Waals surface area contributed by atoms with Gasteiger partial charge in [0.2, 0.25) is 0 Å². The summed E-state index contributed by atoms with van der Waals surface area (Å²) in [4.78, 5) is 0. The smallest absolute Gasteiger partial charge is 0.156 e. The molecule has 1 aromatic carbocycles. The topological polar surface area (TPSA) is 43.8 Å². The summed E-state index contributed by atoms with van der Waals surface area (Å²) in [5.74, 6) is -0.960. The number of nitrogens with two attached hydrogens (primary N) is 1. The molecule has 0 amide bonds. The van der Waals surface area contributed by atoms with E-state index in [9.17, 15) is 8.78 Å². The molecule has 0 aliphatic rings. The Balaban J connectivity index is 2.43. The van der Waals surface area contributed by atoms with Crippen LogP contribution in [-0.2, 0) is 6.54 Å². The van der Waals surface area contributed by atoms with Crippen molar-refractivity contribution in [1.29, 1.82) is 0 Å². The Bertz CT molecular complexity index is 561. The molecule has 0 saturated carbocycles. The first-order valence-electron chi connectivity index (χ1n) is 5.75. The second kappa shape index (κ2) is 4.76. The van der Waals surface area contributed by atoms with Crippen molar-refractivity contribution in [3.8, 4) is 11.1 Å². The van der Waals surface area contributed by atoms with E-state index in [1.165, 1.54) is 12.3 Å². The predicted octanol–water partition coefficient (Wildman–Crippen LogP) is 3.07. The van der Waals surface area contributed by atoms with Gasteiger partial charge in [-0.1, -0.05) is 13.8 Å². The number of hydrogen-bond acceptors (Lipinski definition) is 2. The fraction of sp³-hybridized carbons (Fsp3) is 0.308. The van der Waals surface area contributed by atoms with Gasteiger partial charge in [-0.15, -0.1) is 0 Å². The zero-order chi connectivity index (χ0) is 13.3. The van der Waals surface area contributed by atoms with Gasteiger partial charge in [0.05, 0.1) is 17.4 Å². The van der Waals surface area contributed by atoms with E-state index < -0.39 is 11.6 Å². The van der Waals surface area contributed by atoms with Crippen molar-refractivity contribution in [1.82, 2.24) is 9.78 Å². The van der Waals surface area contributed by atoms with Crippen LogP contribution in [-0.4, -0.2) is 9.78 Å². The van der Waals surface area contributed by atoms with Crippen molar-refractivity contribution < 1.29 is 8.78 Å². The molecule has 5 heteroatoms. The molecular weight excluding hydrogens is 236 g/mol. The third kappa shape index (κ3) is 2.34. The summed E-state index contributed by atoms with van der Waals surface area (Å²) in [5, 5.41) is 4.09. The van der Waals surface area contributed by atoms with Crippen LogP contribution in [0, 0.1) is 17.6 Å². The Morgan fingerprint density at radius 2 is 2.06 bits per heavy atom. The predicted molar refractivity (Wildman–Crippen MR) is 66.8 cm³/mol. The Hall–Kier alpha value is -1.91. The molecule has 0 saturated heterocycles. The summed E-state index contributed by atoms with van der Waals surface area (Å²) in [6, 6.07) is 2.38. The Morgan fingerprint density at radius 3 is 2.72 bits per heavy atom. The van der Waals surface area contributed by atoms with Crippen LogP contribution in [0.3, 0.4) is 0 Å². The maximum Gasteiger partial charge on any atom is 0.156 e. The van der Waals surface area contributed by atoms with E-state index >= 15 is 0 Å². The zero-order valence-corrected chi connectivity index (χ0v) is 10.3. The van der Waals surface area contributed by atoms with E-state index in [1.807, 2.05) is 13.8 Å². The highest BCUT2D eigenvalue weighted by atomic mass is 19.1. The highest BCUT2D eigenvalue weighted by Gasteiger charge is 2.15. The minimum atomic E-state index is -0.737. The molecule has 0 aliphatic heterocycles. The molecule has 0 fully saturated rings. The molecule has 1 aromatic heterocycles. The molecule has 0 aliphatic carbocycles. The molecule has 18 heavy (non-hydrogen) atoms. The van der Waals surface area contributed by atoms with E-state index in [1.54, 1.807) is 10.9 Å². The number of rotatable bonds is 3. The lowest BCUT2D eigenvalue weighted by atomic mass is 10.1. The Labute approximate surface area is 104 Å². The van der Waals surface area contributed by atoms with Crippen LogP contribution in [0.15, 0.2) is 24.5 Å². The van der Waals surface area contributed by atoms with Crippen LogP contribution in [0.5, 0.6) is 0 Å². The normalized spacial score (nSPS) is 11.2. The van der Waals surface area contributed by atoms with Gasteiger partial charge in [0.15, 0.2) is 5.82 Å². The van der Waals surface area contributed by atoms with Gasteiger partial charge in [-0.05, 0) is 18.1 Å². The molecule has 96 valence electrons. The summed E-state index contributed by atoms with van der Waals surface area (Å²) < 4.78 is 29.1. The molecule has 2 aromatic rings. The third-order valence-electron chi connectivity index (χ3n) is 2.60. The van der Waals surface area contributed by atoms with Gasteiger partial charge in [-0.25, -0.2) is 8.78 Å². The van der Waals surface area contributed by atoms with Crippen LogP contribution in [0.1, 0.15) is 13.8 Å². The van der Waals surface area contributed by atoms with Crippen molar-refractivity contribution in [2.24, 2.45) is 5.92 Å². The SMILES string of the molecule is CC(C)Cn1cc(-c2c(F)ccc(N)c2F)cn1. The molecule has 3 nitrogen and oxygen atoms in total. The Kier molecular flexibility index (Phi) is 3.32. The quantitative estimate of drug-likeness (QED) is 0.852. The molecular formula is C13H15F2N3. The highest BCUT2D eigenvalue weighted by Crippen LogP contribution is 2.28. The van der Waals surface area contributed by atoms with Gasteiger partial charge in [-0.3, -0.25) is 4.68 Å². The van der Waals surface area contributed by atoms with Gasteiger partial charge < -0.3 is 5.73 Å². The van der Waals surface area contributed by atoms with Gasteiger partial charge in [0, 0.05) is 18.3 Å². The van der Waals surface area contributed by atoms with Crippen LogP contribution in [0.4, 0.5) is 14.5 Å². The van der Waals surface area contributed by atoms with E-state index in [2.05, 4.69) is 5.10 Å². The fourth-order valence-electron chi connectivity index (χ4n) is 1.80. The molecule has 0 radical (unpaired) electrons. The second-order valence-corrected chi connectivity index (χ2v) is 4.67. The number of aromatic nitrogens is 2. The van der Waals surface area contributed by atoms with E-state index in [-0.39, 0.29) is 11.3 Å². The molecule has 0 atom stereocenters. The van der Waals surface area contributed by atoms with Crippen molar-refractivity contribution in [3.63, 3.8) is 0 Å². The second-order valence-electron chi connectivity index (χ2n) is 4.67. The Morgan fingerprint density at radius 1 is 1.33 bits per heavy atom. The summed E-state index contributed by atoms with van der Waals surface area (Å²) in [6.07, 6.45) is 3.07. The molecule has 2 rings (SSSR count). The average molecular weight is 251 g/mol. The van der Waals surface area contributed by atoms with Crippen LogP contribution in [0.25, 0.3) is 11.1 Å². The lowest BCUT2D eigenvalue weighted by molar-refractivity contribution is 0.483. The highest BCUT2D eigenvalue weighted by molar-refractivity contribution is 5.68. The molecule has 0 unspecified atom stereocenters. The molecule has 0 bridgehead atoms. The third-order valence-corrected chi connectivity index (χ3v) is 2.60. The number of halogens is 2. The van der Waals surface area contributed by atoms with Gasteiger partial charge >= 0.3 is 0 Å². The van der Waals surface area contributed by atoms with Gasteiger partial charge in [0.1, 0.15) is 5.82 Å². The van der Waals surface area contributed by atoms with Crippen LogP contribution >= 0.6 is 0 Å². The van der Waals surface area contributed by atoms with Crippen molar-refractivity contribution in [2.75, 3.05) is 5.73 Å². The lowest BCUT2D eigenvalue weighted by Gasteiger charge is -2.05. The first kappa shape index (κ1) is 12.5. The minimum Gasteiger partial charge on any atom is -0.396 e. The van der Waals surface area contributed by atoms with Crippen LogP contribution in [0.2, 0.25) is 0 Å². The lowest BCUT2D eigenvalue weighted by Crippen LogP contribution is -2.04. The summed E-state index contributed by atoms with van der Waals surface area (Å²) in [5.41, 5.74) is 5.66. The number of nitrogen functional groups attached to an aromatic ring is 1.